The molecule has 3 amide bonds. The summed E-state index contributed by atoms with van der Waals surface area (Å²) in [5.74, 6) is -5.19. The Balaban J connectivity index is 1.50. The second-order valence-electron chi connectivity index (χ2n) is 9.19. The van der Waals surface area contributed by atoms with E-state index in [9.17, 15) is 28.3 Å². The molecule has 3 N–H and O–H groups in total. The molecule has 182 valence electrons. The zero-order valence-corrected chi connectivity index (χ0v) is 19.2. The van der Waals surface area contributed by atoms with Crippen LogP contribution in [0.4, 0.5) is 20.2 Å². The van der Waals surface area contributed by atoms with Gasteiger partial charge in [0, 0.05) is 17.3 Å². The summed E-state index contributed by atoms with van der Waals surface area (Å²) in [5, 5.41) is 15.3. The van der Waals surface area contributed by atoms with E-state index in [-0.39, 0.29) is 28.4 Å². The van der Waals surface area contributed by atoms with Crippen LogP contribution in [0.1, 0.15) is 11.1 Å². The number of fused-ring (bicyclic) bond motifs is 4. The molecule has 0 saturated carbocycles. The van der Waals surface area contributed by atoms with Crippen molar-refractivity contribution in [2.75, 3.05) is 10.2 Å². The summed E-state index contributed by atoms with van der Waals surface area (Å²) < 4.78 is 28.1. The van der Waals surface area contributed by atoms with Gasteiger partial charge in [-0.1, -0.05) is 23.7 Å². The smallest absolute Gasteiger partial charge is 0.250 e. The van der Waals surface area contributed by atoms with E-state index in [2.05, 4.69) is 10.6 Å². The molecule has 0 aromatic heterocycles. The van der Waals surface area contributed by atoms with Gasteiger partial charge in [0.1, 0.15) is 22.9 Å². The Morgan fingerprint density at radius 3 is 2.44 bits per heavy atom. The van der Waals surface area contributed by atoms with Crippen LogP contribution in [0.2, 0.25) is 5.02 Å². The fraction of sp³-hybridized carbons (Fsp3) is 0.192. The molecule has 3 aliphatic heterocycles. The molecule has 3 aliphatic rings. The Labute approximate surface area is 208 Å². The van der Waals surface area contributed by atoms with Gasteiger partial charge >= 0.3 is 0 Å². The standard InChI is InChI=1S/C26H18ClF2N3O4/c27-17-11-14(4-7-18(17)29)32-23(34)21-20(9-12-1-5-15(33)6-2-12)31-26(22(21)24(32)35)16-10-13(28)3-8-19(16)30-25(26)36/h1-8,10-11,20-22,31,33H,9H2,(H,30,36)/t20-,21+,22+,26-/m0/s1. The Kier molecular flexibility index (Phi) is 4.93. The highest BCUT2D eigenvalue weighted by molar-refractivity contribution is 6.32. The van der Waals surface area contributed by atoms with Crippen LogP contribution in [0.3, 0.4) is 0 Å². The molecule has 0 radical (unpaired) electrons. The average molecular weight is 510 g/mol. The van der Waals surface area contributed by atoms with Crippen molar-refractivity contribution < 1.29 is 28.3 Å². The number of imide groups is 1. The number of anilines is 2. The van der Waals surface area contributed by atoms with E-state index in [1.165, 1.54) is 42.5 Å². The third kappa shape index (κ3) is 3.09. The summed E-state index contributed by atoms with van der Waals surface area (Å²) in [6.07, 6.45) is 0.248. The minimum atomic E-state index is -1.69. The van der Waals surface area contributed by atoms with Crippen LogP contribution in [0, 0.1) is 23.5 Å². The van der Waals surface area contributed by atoms with Gasteiger partial charge in [-0.2, -0.15) is 0 Å². The molecule has 3 heterocycles. The lowest BCUT2D eigenvalue weighted by molar-refractivity contribution is -0.130. The topological polar surface area (TPSA) is 98.7 Å². The van der Waals surface area contributed by atoms with Crippen LogP contribution in [0.5, 0.6) is 5.75 Å². The molecule has 2 saturated heterocycles. The third-order valence-corrected chi connectivity index (χ3v) is 7.52. The fourth-order valence-electron chi connectivity index (χ4n) is 5.71. The van der Waals surface area contributed by atoms with Gasteiger partial charge in [0.2, 0.25) is 17.7 Å². The van der Waals surface area contributed by atoms with Gasteiger partial charge in [0.25, 0.3) is 0 Å². The number of hydrogen-bond acceptors (Lipinski definition) is 5. The highest BCUT2D eigenvalue weighted by Gasteiger charge is 2.70. The first-order valence-corrected chi connectivity index (χ1v) is 11.6. The van der Waals surface area contributed by atoms with E-state index in [1.807, 2.05) is 0 Å². The number of nitrogens with one attached hydrogen (secondary N) is 2. The number of nitrogens with zero attached hydrogens (tertiary/aromatic N) is 1. The maximum absolute atomic E-state index is 14.3. The third-order valence-electron chi connectivity index (χ3n) is 7.23. The normalized spacial score (nSPS) is 26.5. The zero-order valence-electron chi connectivity index (χ0n) is 18.5. The molecule has 1 spiro atoms. The van der Waals surface area contributed by atoms with Crippen molar-refractivity contribution in [2.24, 2.45) is 11.8 Å². The Morgan fingerprint density at radius 1 is 0.972 bits per heavy atom. The summed E-state index contributed by atoms with van der Waals surface area (Å²) in [6.45, 7) is 0. The number of carbonyl (C=O) groups is 3. The van der Waals surface area contributed by atoms with Crippen LogP contribution < -0.4 is 15.5 Å². The van der Waals surface area contributed by atoms with Crippen LogP contribution in [0.25, 0.3) is 0 Å². The van der Waals surface area contributed by atoms with Crippen molar-refractivity contribution in [1.82, 2.24) is 5.32 Å². The largest absolute Gasteiger partial charge is 0.508 e. The molecule has 0 unspecified atom stereocenters. The molecule has 36 heavy (non-hydrogen) atoms. The number of benzene rings is 3. The second-order valence-corrected chi connectivity index (χ2v) is 9.59. The zero-order chi connectivity index (χ0) is 25.4. The van der Waals surface area contributed by atoms with Crippen molar-refractivity contribution in [1.29, 1.82) is 0 Å². The molecule has 2 fully saturated rings. The quantitative estimate of drug-likeness (QED) is 0.470. The van der Waals surface area contributed by atoms with Gasteiger partial charge in [-0.05, 0) is 60.5 Å². The van der Waals surface area contributed by atoms with Crippen LogP contribution in [-0.4, -0.2) is 28.9 Å². The van der Waals surface area contributed by atoms with E-state index >= 15 is 0 Å². The predicted octanol–water partition coefficient (Wildman–Crippen LogP) is 3.49. The lowest BCUT2D eigenvalue weighted by Crippen LogP contribution is -2.53. The Bertz CT molecular complexity index is 1460. The number of aromatic hydroxyl groups is 1. The van der Waals surface area contributed by atoms with E-state index in [4.69, 9.17) is 11.6 Å². The van der Waals surface area contributed by atoms with Gasteiger partial charge in [0.05, 0.1) is 22.5 Å². The summed E-state index contributed by atoms with van der Waals surface area (Å²) >= 11 is 5.92. The van der Waals surface area contributed by atoms with Crippen molar-refractivity contribution in [2.45, 2.75) is 18.0 Å². The minimum absolute atomic E-state index is 0.0681. The minimum Gasteiger partial charge on any atom is -0.508 e. The molecule has 0 aliphatic carbocycles. The number of phenolic OH excluding ortho intramolecular Hbond substituents is 1. The van der Waals surface area contributed by atoms with Crippen molar-refractivity contribution in [3.63, 3.8) is 0 Å². The Morgan fingerprint density at radius 2 is 1.72 bits per heavy atom. The van der Waals surface area contributed by atoms with Gasteiger partial charge in [-0.3, -0.25) is 19.7 Å². The SMILES string of the molecule is O=C1[C@@H]2[C@H](Cc3ccc(O)cc3)N[C@]3(C(=O)Nc4ccc(F)cc43)[C@H]2C(=O)N1c1ccc(F)c(Cl)c1. The van der Waals surface area contributed by atoms with Gasteiger partial charge in [-0.15, -0.1) is 0 Å². The van der Waals surface area contributed by atoms with Crippen molar-refractivity contribution in [3.05, 3.63) is 88.4 Å². The molecular formula is C26H18ClF2N3O4. The predicted molar refractivity (Wildman–Crippen MR) is 126 cm³/mol. The van der Waals surface area contributed by atoms with Crippen molar-refractivity contribution >= 4 is 40.7 Å². The molecule has 4 atom stereocenters. The maximum atomic E-state index is 14.3. The summed E-state index contributed by atoms with van der Waals surface area (Å²) in [6, 6.07) is 13.0. The maximum Gasteiger partial charge on any atom is 0.250 e. The lowest BCUT2D eigenvalue weighted by Gasteiger charge is -2.29. The molecule has 3 aromatic rings. The summed E-state index contributed by atoms with van der Waals surface area (Å²) in [7, 11) is 0. The number of rotatable bonds is 3. The first-order valence-electron chi connectivity index (χ1n) is 11.2. The first kappa shape index (κ1) is 22.6. The molecule has 7 nitrogen and oxygen atoms in total. The van der Waals surface area contributed by atoms with E-state index in [1.54, 1.807) is 12.1 Å². The molecule has 10 heteroatoms. The van der Waals surface area contributed by atoms with E-state index < -0.39 is 52.8 Å². The Hall–Kier alpha value is -3.82. The van der Waals surface area contributed by atoms with Crippen molar-refractivity contribution in [3.8, 4) is 5.75 Å². The monoisotopic (exact) mass is 509 g/mol. The molecule has 0 bridgehead atoms. The van der Waals surface area contributed by atoms with Crippen LogP contribution in [0.15, 0.2) is 60.7 Å². The number of carbonyl (C=O) groups excluding carboxylic acids is 3. The number of phenols is 1. The summed E-state index contributed by atoms with van der Waals surface area (Å²) in [5.41, 5.74) is -0.253. The van der Waals surface area contributed by atoms with E-state index in [0.717, 1.165) is 16.5 Å². The molecule has 6 rings (SSSR count). The van der Waals surface area contributed by atoms with E-state index in [0.29, 0.717) is 5.69 Å². The molecular weight excluding hydrogens is 492 g/mol. The highest BCUT2D eigenvalue weighted by Crippen LogP contribution is 2.54. The molecule has 3 aromatic carbocycles. The van der Waals surface area contributed by atoms with Crippen LogP contribution in [-0.2, 0) is 26.3 Å². The van der Waals surface area contributed by atoms with Gasteiger partial charge < -0.3 is 10.4 Å². The number of halogens is 3. The number of hydrogen-bond donors (Lipinski definition) is 3. The fourth-order valence-corrected chi connectivity index (χ4v) is 5.89. The first-order chi connectivity index (χ1) is 17.2. The number of amides is 3. The highest BCUT2D eigenvalue weighted by atomic mass is 35.5. The second kappa shape index (κ2) is 7.84. The summed E-state index contributed by atoms with van der Waals surface area (Å²) in [4.78, 5) is 42.0. The van der Waals surface area contributed by atoms with Crippen LogP contribution >= 0.6 is 11.6 Å². The average Bonchev–Trinajstić information content (AvgIpc) is 3.42. The lowest BCUT2D eigenvalue weighted by atomic mass is 9.76. The van der Waals surface area contributed by atoms with Gasteiger partial charge in [0.15, 0.2) is 0 Å². The van der Waals surface area contributed by atoms with Gasteiger partial charge in [-0.25, -0.2) is 13.7 Å².